The molecule has 100 valence electrons. The van der Waals surface area contributed by atoms with E-state index in [1.165, 1.54) is 3.61 Å². The predicted octanol–water partition coefficient (Wildman–Crippen LogP) is 2.85. The standard InChI is InChI=1S/C16H11ClO2Te/c17-13-9-5-4-8-12(13)16-14(10-15(18)19-16)20-11-6-2-1-3-7-11/h1-10,16H. The van der Waals surface area contributed by atoms with Gasteiger partial charge in [0.15, 0.2) is 0 Å². The Morgan fingerprint density at radius 2 is 1.70 bits per heavy atom. The van der Waals surface area contributed by atoms with Crippen LogP contribution in [-0.4, -0.2) is 26.9 Å². The molecule has 0 bridgehead atoms. The van der Waals surface area contributed by atoms with E-state index in [1.807, 2.05) is 42.5 Å². The summed E-state index contributed by atoms with van der Waals surface area (Å²) in [5, 5.41) is 0.638. The van der Waals surface area contributed by atoms with E-state index in [0.29, 0.717) is 5.02 Å². The average molecular weight is 398 g/mol. The Balaban J connectivity index is 1.91. The average Bonchev–Trinajstić information content (AvgIpc) is 2.81. The number of benzene rings is 2. The number of esters is 1. The zero-order chi connectivity index (χ0) is 13.9. The fraction of sp³-hybridized carbons (Fsp3) is 0.0625. The first kappa shape index (κ1) is 13.7. The molecule has 3 rings (SSSR count). The molecule has 1 aliphatic rings. The second kappa shape index (κ2) is 6.01. The molecule has 1 heterocycles. The van der Waals surface area contributed by atoms with Crippen molar-refractivity contribution < 1.29 is 9.53 Å². The summed E-state index contributed by atoms with van der Waals surface area (Å²) in [5.41, 5.74) is 0.868. The summed E-state index contributed by atoms with van der Waals surface area (Å²) >= 11 is 5.59. The van der Waals surface area contributed by atoms with Crippen molar-refractivity contribution in [3.63, 3.8) is 0 Å². The van der Waals surface area contributed by atoms with Gasteiger partial charge in [0, 0.05) is 0 Å². The Labute approximate surface area is 132 Å². The fourth-order valence-corrected chi connectivity index (χ4v) is 5.11. The maximum absolute atomic E-state index is 11.6. The van der Waals surface area contributed by atoms with Crippen LogP contribution in [0, 0.1) is 0 Å². The second-order valence-electron chi connectivity index (χ2n) is 4.30. The Bertz CT molecular complexity index is 667. The van der Waals surface area contributed by atoms with Crippen LogP contribution in [0.1, 0.15) is 11.7 Å². The van der Waals surface area contributed by atoms with E-state index in [2.05, 4.69) is 12.1 Å². The molecule has 0 radical (unpaired) electrons. The molecule has 0 aliphatic carbocycles. The second-order valence-corrected chi connectivity index (χ2v) is 7.98. The minimum atomic E-state index is -0.628. The topological polar surface area (TPSA) is 26.3 Å². The molecule has 0 saturated heterocycles. The predicted molar refractivity (Wildman–Crippen MR) is 80.2 cm³/mol. The molecule has 2 nitrogen and oxygen atoms in total. The third-order valence-electron chi connectivity index (χ3n) is 2.92. The number of hydrogen-bond donors (Lipinski definition) is 0. The number of carbonyl (C=O) groups excluding carboxylic acids is 1. The number of carbonyl (C=O) groups is 1. The first-order chi connectivity index (χ1) is 9.74. The van der Waals surface area contributed by atoms with Crippen molar-refractivity contribution in [3.05, 3.63) is 74.9 Å². The first-order valence-corrected chi connectivity index (χ1v) is 8.84. The van der Waals surface area contributed by atoms with Gasteiger partial charge < -0.3 is 0 Å². The molecule has 20 heavy (non-hydrogen) atoms. The molecule has 0 fully saturated rings. The number of hydrogen-bond acceptors (Lipinski definition) is 2. The molecule has 1 atom stereocenters. The van der Waals surface area contributed by atoms with Crippen molar-refractivity contribution in [2.45, 2.75) is 6.10 Å². The summed E-state index contributed by atoms with van der Waals surface area (Å²) in [6, 6.07) is 17.7. The van der Waals surface area contributed by atoms with Gasteiger partial charge in [-0.3, -0.25) is 0 Å². The summed E-state index contributed by atoms with van der Waals surface area (Å²) in [4.78, 5) is 11.6. The Morgan fingerprint density at radius 3 is 2.45 bits per heavy atom. The molecule has 1 aliphatic heterocycles. The molecular formula is C16H11ClO2Te. The number of halogens is 1. The monoisotopic (exact) mass is 400 g/mol. The first-order valence-electron chi connectivity index (χ1n) is 6.13. The van der Waals surface area contributed by atoms with Crippen LogP contribution in [0.15, 0.2) is 64.3 Å². The summed E-state index contributed by atoms with van der Waals surface area (Å²) < 4.78 is 7.78. The van der Waals surface area contributed by atoms with Gasteiger partial charge in [0.1, 0.15) is 0 Å². The molecular weight excluding hydrogens is 387 g/mol. The number of rotatable bonds is 3. The zero-order valence-electron chi connectivity index (χ0n) is 10.5. The molecule has 0 spiro atoms. The molecule has 0 saturated carbocycles. The number of ether oxygens (including phenoxy) is 1. The summed E-state index contributed by atoms with van der Waals surface area (Å²) in [7, 11) is 0. The van der Waals surface area contributed by atoms with E-state index in [-0.39, 0.29) is 12.1 Å². The molecule has 0 amide bonds. The van der Waals surface area contributed by atoms with Crippen LogP contribution in [0.3, 0.4) is 0 Å². The maximum atomic E-state index is 11.6. The van der Waals surface area contributed by atoms with Crippen molar-refractivity contribution >= 4 is 42.1 Å². The Kier molecular flexibility index (Phi) is 4.12. The van der Waals surface area contributed by atoms with Gasteiger partial charge in [0.2, 0.25) is 0 Å². The third kappa shape index (κ3) is 2.91. The van der Waals surface area contributed by atoms with Gasteiger partial charge in [-0.05, 0) is 0 Å². The summed E-state index contributed by atoms with van der Waals surface area (Å²) in [5.74, 6) is -0.272. The molecule has 2 aromatic carbocycles. The van der Waals surface area contributed by atoms with Crippen molar-refractivity contribution in [2.24, 2.45) is 0 Å². The van der Waals surface area contributed by atoms with E-state index >= 15 is 0 Å². The van der Waals surface area contributed by atoms with Gasteiger partial charge in [0.05, 0.1) is 0 Å². The summed E-state index contributed by atoms with van der Waals surface area (Å²) in [6.45, 7) is 0. The van der Waals surface area contributed by atoms with Gasteiger partial charge in [-0.15, -0.1) is 0 Å². The van der Waals surface area contributed by atoms with Crippen LogP contribution >= 0.6 is 11.6 Å². The van der Waals surface area contributed by atoms with E-state index in [9.17, 15) is 4.79 Å². The van der Waals surface area contributed by atoms with E-state index in [4.69, 9.17) is 16.3 Å². The van der Waals surface area contributed by atoms with E-state index < -0.39 is 20.9 Å². The zero-order valence-corrected chi connectivity index (χ0v) is 13.5. The van der Waals surface area contributed by atoms with Crippen LogP contribution in [0.5, 0.6) is 0 Å². The molecule has 0 aromatic heterocycles. The quantitative estimate of drug-likeness (QED) is 0.587. The van der Waals surface area contributed by atoms with Crippen molar-refractivity contribution in [1.82, 2.24) is 0 Å². The van der Waals surface area contributed by atoms with Crippen LogP contribution in [0.2, 0.25) is 5.02 Å². The SMILES string of the molecule is O=C1C=C([Te]c2ccccc2)C(c2ccccc2Cl)O1. The molecule has 4 heteroatoms. The Hall–Kier alpha value is -1.27. The minimum absolute atomic E-state index is 0.272. The van der Waals surface area contributed by atoms with Gasteiger partial charge in [-0.25, -0.2) is 0 Å². The fourth-order valence-electron chi connectivity index (χ4n) is 2.01. The third-order valence-corrected chi connectivity index (χ3v) is 6.33. The van der Waals surface area contributed by atoms with Crippen molar-refractivity contribution in [1.29, 1.82) is 0 Å². The van der Waals surface area contributed by atoms with Crippen LogP contribution in [0.4, 0.5) is 0 Å². The van der Waals surface area contributed by atoms with Gasteiger partial charge in [-0.2, -0.15) is 0 Å². The summed E-state index contributed by atoms with van der Waals surface area (Å²) in [6.07, 6.45) is 1.31. The van der Waals surface area contributed by atoms with Gasteiger partial charge in [-0.1, -0.05) is 0 Å². The van der Waals surface area contributed by atoms with Crippen molar-refractivity contribution in [2.75, 3.05) is 0 Å². The van der Waals surface area contributed by atoms with Crippen LogP contribution < -0.4 is 3.61 Å². The van der Waals surface area contributed by atoms with Crippen molar-refractivity contribution in [3.8, 4) is 0 Å². The van der Waals surface area contributed by atoms with Gasteiger partial charge in [0.25, 0.3) is 0 Å². The molecule has 2 aromatic rings. The van der Waals surface area contributed by atoms with E-state index in [1.54, 1.807) is 6.08 Å². The number of cyclic esters (lactones) is 1. The molecule has 1 unspecified atom stereocenters. The molecule has 0 N–H and O–H groups in total. The van der Waals surface area contributed by atoms with Crippen LogP contribution in [0.25, 0.3) is 0 Å². The van der Waals surface area contributed by atoms with Crippen LogP contribution in [-0.2, 0) is 9.53 Å². The van der Waals surface area contributed by atoms with Gasteiger partial charge >= 0.3 is 133 Å². The Morgan fingerprint density at radius 1 is 1.00 bits per heavy atom. The van der Waals surface area contributed by atoms with E-state index in [0.717, 1.165) is 9.18 Å². The normalized spacial score (nSPS) is 17.8.